The zero-order chi connectivity index (χ0) is 18.5. The molecule has 0 radical (unpaired) electrons. The molecule has 1 N–H and O–H groups in total. The lowest BCUT2D eigenvalue weighted by Crippen LogP contribution is -2.44. The van der Waals surface area contributed by atoms with Gasteiger partial charge in [-0.1, -0.05) is 17.7 Å². The molecule has 6 heteroatoms. The predicted molar refractivity (Wildman–Crippen MR) is 104 cm³/mol. The third kappa shape index (κ3) is 4.73. The van der Waals surface area contributed by atoms with Crippen LogP contribution in [0.5, 0.6) is 5.75 Å². The quantitative estimate of drug-likeness (QED) is 0.894. The van der Waals surface area contributed by atoms with Crippen molar-refractivity contribution in [1.82, 2.24) is 9.88 Å². The molecule has 0 aliphatic carbocycles. The van der Waals surface area contributed by atoms with Gasteiger partial charge in [-0.15, -0.1) is 0 Å². The minimum Gasteiger partial charge on any atom is -0.481 e. The van der Waals surface area contributed by atoms with E-state index in [4.69, 9.17) is 4.74 Å². The van der Waals surface area contributed by atoms with Crippen LogP contribution in [0.2, 0.25) is 0 Å². The van der Waals surface area contributed by atoms with E-state index in [1.54, 1.807) is 13.1 Å². The molecule has 0 saturated carbocycles. The molecule has 0 unspecified atom stereocenters. The molecule has 2 aromatic rings. The van der Waals surface area contributed by atoms with Crippen LogP contribution in [-0.4, -0.2) is 55.1 Å². The number of anilines is 2. The minimum absolute atomic E-state index is 0.195. The Labute approximate surface area is 154 Å². The monoisotopic (exact) mass is 354 g/mol. The summed E-state index contributed by atoms with van der Waals surface area (Å²) in [4.78, 5) is 21.4. The Kier molecular flexibility index (Phi) is 5.73. The number of benzene rings is 1. The molecule has 1 aliphatic heterocycles. The Morgan fingerprint density at radius 3 is 2.42 bits per heavy atom. The van der Waals surface area contributed by atoms with E-state index >= 15 is 0 Å². The third-order valence-electron chi connectivity index (χ3n) is 4.55. The van der Waals surface area contributed by atoms with Crippen molar-refractivity contribution < 1.29 is 9.53 Å². The Morgan fingerprint density at radius 2 is 1.81 bits per heavy atom. The maximum absolute atomic E-state index is 12.3. The average Bonchev–Trinajstić information content (AvgIpc) is 2.65. The van der Waals surface area contributed by atoms with Crippen LogP contribution in [-0.2, 0) is 4.79 Å². The molecule has 1 aromatic heterocycles. The molecule has 0 bridgehead atoms. The zero-order valence-corrected chi connectivity index (χ0v) is 15.6. The molecule has 26 heavy (non-hydrogen) atoms. The fraction of sp³-hybridized carbons (Fsp3) is 0.400. The first-order chi connectivity index (χ1) is 12.5. The van der Waals surface area contributed by atoms with Crippen molar-refractivity contribution in [3.05, 3.63) is 48.2 Å². The molecule has 1 amide bonds. The number of aromatic nitrogens is 1. The molecule has 0 spiro atoms. The van der Waals surface area contributed by atoms with E-state index in [0.717, 1.165) is 37.6 Å². The van der Waals surface area contributed by atoms with E-state index in [1.807, 2.05) is 43.3 Å². The van der Waals surface area contributed by atoms with Gasteiger partial charge in [-0.3, -0.25) is 4.79 Å². The third-order valence-corrected chi connectivity index (χ3v) is 4.55. The molecule has 6 nitrogen and oxygen atoms in total. The Hall–Kier alpha value is -2.60. The number of amides is 1. The van der Waals surface area contributed by atoms with E-state index < -0.39 is 6.10 Å². The lowest BCUT2D eigenvalue weighted by Gasteiger charge is -2.33. The van der Waals surface area contributed by atoms with E-state index in [-0.39, 0.29) is 5.91 Å². The largest absolute Gasteiger partial charge is 0.481 e. The standard InChI is InChI=1S/C20H26N4O2/c1-15-4-7-18(8-5-15)26-16(2)20(25)22-17-6-9-19(21-14-17)24-12-10-23(3)11-13-24/h4-9,14,16H,10-13H2,1-3H3,(H,22,25)/t16-/m1/s1. The fourth-order valence-electron chi connectivity index (χ4n) is 2.80. The molecule has 1 aliphatic rings. The van der Waals surface area contributed by atoms with Gasteiger partial charge < -0.3 is 19.9 Å². The van der Waals surface area contributed by atoms with Crippen LogP contribution >= 0.6 is 0 Å². The van der Waals surface area contributed by atoms with Crippen LogP contribution < -0.4 is 15.0 Å². The molecule has 138 valence electrons. The Balaban J connectivity index is 1.54. The summed E-state index contributed by atoms with van der Waals surface area (Å²) in [6.45, 7) is 7.76. The number of hydrogen-bond acceptors (Lipinski definition) is 5. The van der Waals surface area contributed by atoms with Crippen molar-refractivity contribution in [3.63, 3.8) is 0 Å². The topological polar surface area (TPSA) is 57.7 Å². The second kappa shape index (κ2) is 8.19. The van der Waals surface area contributed by atoms with E-state index in [2.05, 4.69) is 27.1 Å². The number of likely N-dealkylation sites (N-methyl/N-ethyl adjacent to an activating group) is 1. The lowest BCUT2D eigenvalue weighted by atomic mass is 10.2. The highest BCUT2D eigenvalue weighted by Gasteiger charge is 2.17. The predicted octanol–water partition coefficient (Wildman–Crippen LogP) is 2.55. The van der Waals surface area contributed by atoms with Gasteiger partial charge in [-0.2, -0.15) is 0 Å². The molecule has 1 aromatic carbocycles. The van der Waals surface area contributed by atoms with Crippen LogP contribution in [0.3, 0.4) is 0 Å². The number of aryl methyl sites for hydroxylation is 1. The van der Waals surface area contributed by atoms with E-state index in [0.29, 0.717) is 11.4 Å². The number of piperazine rings is 1. The first-order valence-electron chi connectivity index (χ1n) is 8.95. The van der Waals surface area contributed by atoms with Crippen molar-refractivity contribution in [1.29, 1.82) is 0 Å². The number of hydrogen-bond donors (Lipinski definition) is 1. The number of carbonyl (C=O) groups is 1. The van der Waals surface area contributed by atoms with Gasteiger partial charge >= 0.3 is 0 Å². The molecular formula is C20H26N4O2. The van der Waals surface area contributed by atoms with Gasteiger partial charge in [0.25, 0.3) is 5.91 Å². The minimum atomic E-state index is -0.588. The lowest BCUT2D eigenvalue weighted by molar-refractivity contribution is -0.122. The highest BCUT2D eigenvalue weighted by atomic mass is 16.5. The number of carbonyl (C=O) groups excluding carboxylic acids is 1. The second-order valence-corrected chi connectivity index (χ2v) is 6.76. The van der Waals surface area contributed by atoms with Gasteiger partial charge in [0.15, 0.2) is 6.10 Å². The van der Waals surface area contributed by atoms with E-state index in [9.17, 15) is 4.79 Å². The van der Waals surface area contributed by atoms with Crippen LogP contribution in [0.4, 0.5) is 11.5 Å². The van der Waals surface area contributed by atoms with E-state index in [1.165, 1.54) is 0 Å². The fourth-order valence-corrected chi connectivity index (χ4v) is 2.80. The zero-order valence-electron chi connectivity index (χ0n) is 15.6. The van der Waals surface area contributed by atoms with Crippen LogP contribution in [0, 0.1) is 6.92 Å². The van der Waals surface area contributed by atoms with Gasteiger partial charge in [-0.05, 0) is 45.2 Å². The molecule has 1 fully saturated rings. The second-order valence-electron chi connectivity index (χ2n) is 6.76. The molecule has 1 saturated heterocycles. The summed E-state index contributed by atoms with van der Waals surface area (Å²) in [5.41, 5.74) is 1.83. The smallest absolute Gasteiger partial charge is 0.265 e. The Morgan fingerprint density at radius 1 is 1.12 bits per heavy atom. The van der Waals surface area contributed by atoms with Crippen molar-refractivity contribution in [3.8, 4) is 5.75 Å². The van der Waals surface area contributed by atoms with Crippen LogP contribution in [0.25, 0.3) is 0 Å². The molecule has 3 rings (SSSR count). The number of pyridine rings is 1. The first kappa shape index (κ1) is 18.2. The Bertz CT molecular complexity index is 722. The maximum Gasteiger partial charge on any atom is 0.265 e. The van der Waals surface area contributed by atoms with Gasteiger partial charge in [0.1, 0.15) is 11.6 Å². The van der Waals surface area contributed by atoms with Gasteiger partial charge in [-0.25, -0.2) is 4.98 Å². The summed E-state index contributed by atoms with van der Waals surface area (Å²) >= 11 is 0. The average molecular weight is 354 g/mol. The van der Waals surface area contributed by atoms with Crippen molar-refractivity contribution in [2.45, 2.75) is 20.0 Å². The van der Waals surface area contributed by atoms with Gasteiger partial charge in [0.2, 0.25) is 0 Å². The summed E-state index contributed by atoms with van der Waals surface area (Å²) in [7, 11) is 2.13. The molecular weight excluding hydrogens is 328 g/mol. The maximum atomic E-state index is 12.3. The number of nitrogens with zero attached hydrogens (tertiary/aromatic N) is 3. The SMILES string of the molecule is Cc1ccc(O[C@H](C)C(=O)Nc2ccc(N3CCN(C)CC3)nc2)cc1. The summed E-state index contributed by atoms with van der Waals surface area (Å²) in [6, 6.07) is 11.5. The van der Waals surface area contributed by atoms with Crippen molar-refractivity contribution in [2.24, 2.45) is 0 Å². The first-order valence-corrected chi connectivity index (χ1v) is 8.95. The summed E-state index contributed by atoms with van der Waals surface area (Å²) < 4.78 is 5.69. The van der Waals surface area contributed by atoms with Crippen molar-refractivity contribution >= 4 is 17.4 Å². The van der Waals surface area contributed by atoms with Gasteiger partial charge in [0, 0.05) is 26.2 Å². The molecule has 2 heterocycles. The highest BCUT2D eigenvalue weighted by molar-refractivity contribution is 5.94. The highest BCUT2D eigenvalue weighted by Crippen LogP contribution is 2.17. The van der Waals surface area contributed by atoms with Crippen molar-refractivity contribution in [2.75, 3.05) is 43.4 Å². The number of ether oxygens (including phenoxy) is 1. The number of rotatable bonds is 5. The van der Waals surface area contributed by atoms with Crippen LogP contribution in [0.1, 0.15) is 12.5 Å². The van der Waals surface area contributed by atoms with Gasteiger partial charge in [0.05, 0.1) is 11.9 Å². The summed E-state index contributed by atoms with van der Waals surface area (Å²) in [5.74, 6) is 1.43. The van der Waals surface area contributed by atoms with Crippen LogP contribution in [0.15, 0.2) is 42.6 Å². The molecule has 1 atom stereocenters. The summed E-state index contributed by atoms with van der Waals surface area (Å²) in [5, 5.41) is 2.86. The normalized spacial score (nSPS) is 16.2. The summed E-state index contributed by atoms with van der Waals surface area (Å²) in [6.07, 6.45) is 1.11. The number of nitrogens with one attached hydrogen (secondary N) is 1.